The Morgan fingerprint density at radius 1 is 1.56 bits per heavy atom. The molecule has 0 heterocycles. The summed E-state index contributed by atoms with van der Waals surface area (Å²) in [5.41, 5.74) is -1.12. The van der Waals surface area contributed by atoms with Crippen molar-refractivity contribution in [3.63, 3.8) is 0 Å². The summed E-state index contributed by atoms with van der Waals surface area (Å²) in [5.74, 6) is -0.783. The molecule has 1 atom stereocenters. The van der Waals surface area contributed by atoms with E-state index in [-0.39, 0.29) is 13.0 Å². The third kappa shape index (κ3) is 4.00. The fourth-order valence-electron chi connectivity index (χ4n) is 1.26. The van der Waals surface area contributed by atoms with Gasteiger partial charge in [-0.3, -0.25) is 10.1 Å². The number of esters is 1. The number of carbonyl (C=O) groups excluding carboxylic acids is 1. The Labute approximate surface area is 95.6 Å². The lowest BCUT2D eigenvalue weighted by molar-refractivity contribution is -0.550. The van der Waals surface area contributed by atoms with Gasteiger partial charge in [0.1, 0.15) is 0 Å². The lowest BCUT2D eigenvalue weighted by Crippen LogP contribution is -2.45. The molecule has 0 radical (unpaired) electrons. The molecule has 92 valence electrons. The van der Waals surface area contributed by atoms with Gasteiger partial charge in [-0.2, -0.15) is 0 Å². The molecule has 0 saturated carbocycles. The van der Waals surface area contributed by atoms with Crippen LogP contribution >= 0.6 is 0 Å². The average Bonchev–Trinajstić information content (AvgIpc) is 2.16. The zero-order valence-corrected chi connectivity index (χ0v) is 10.1. The smallest absolute Gasteiger partial charge is 0.384 e. The fraction of sp³-hybridized carbons (Fsp3) is 0.727. The summed E-state index contributed by atoms with van der Waals surface area (Å²) in [5, 5.41) is 10.9. The van der Waals surface area contributed by atoms with E-state index in [9.17, 15) is 14.9 Å². The van der Waals surface area contributed by atoms with Crippen LogP contribution in [0.4, 0.5) is 0 Å². The first-order valence-electron chi connectivity index (χ1n) is 5.30. The predicted octanol–water partition coefficient (Wildman–Crippen LogP) is 2.33. The molecular formula is C11H19NO4. The third-order valence-electron chi connectivity index (χ3n) is 2.22. The number of rotatable bonds is 7. The van der Waals surface area contributed by atoms with Crippen LogP contribution in [0.25, 0.3) is 0 Å². The van der Waals surface area contributed by atoms with Gasteiger partial charge in [-0.1, -0.05) is 25.5 Å². The maximum absolute atomic E-state index is 11.6. The molecule has 0 aromatic carbocycles. The third-order valence-corrected chi connectivity index (χ3v) is 2.22. The molecule has 0 N–H and O–H groups in total. The maximum Gasteiger partial charge on any atom is 0.384 e. The van der Waals surface area contributed by atoms with Crippen molar-refractivity contribution in [3.05, 3.63) is 22.3 Å². The molecule has 0 aliphatic rings. The van der Waals surface area contributed by atoms with Gasteiger partial charge in [-0.15, -0.1) is 0 Å². The largest absolute Gasteiger partial charge is 0.460 e. The minimum atomic E-state index is -1.71. The molecule has 0 spiro atoms. The SMILES string of the molecule is C=C(C)CC(C)(C(=O)OCCCC)[N+](=O)[O-]. The van der Waals surface area contributed by atoms with E-state index in [2.05, 4.69) is 6.58 Å². The van der Waals surface area contributed by atoms with Crippen molar-refractivity contribution in [1.82, 2.24) is 0 Å². The quantitative estimate of drug-likeness (QED) is 0.221. The molecule has 0 aromatic heterocycles. The predicted molar refractivity (Wildman–Crippen MR) is 60.7 cm³/mol. The van der Waals surface area contributed by atoms with Crippen molar-refractivity contribution in [2.75, 3.05) is 6.61 Å². The first-order chi connectivity index (χ1) is 7.34. The van der Waals surface area contributed by atoms with Gasteiger partial charge >= 0.3 is 11.5 Å². The Morgan fingerprint density at radius 2 is 2.12 bits per heavy atom. The molecule has 0 fully saturated rings. The summed E-state index contributed by atoms with van der Waals surface area (Å²) < 4.78 is 4.89. The summed E-state index contributed by atoms with van der Waals surface area (Å²) in [6.07, 6.45) is 1.60. The van der Waals surface area contributed by atoms with E-state index in [0.717, 1.165) is 6.42 Å². The van der Waals surface area contributed by atoms with Crippen LogP contribution in [0.1, 0.15) is 40.0 Å². The number of ether oxygens (including phenoxy) is 1. The molecule has 0 rings (SSSR count). The summed E-state index contributed by atoms with van der Waals surface area (Å²) >= 11 is 0. The highest BCUT2D eigenvalue weighted by Gasteiger charge is 2.47. The molecular weight excluding hydrogens is 210 g/mol. The molecule has 0 aliphatic carbocycles. The summed E-state index contributed by atoms with van der Waals surface area (Å²) in [4.78, 5) is 21.9. The van der Waals surface area contributed by atoms with Crippen molar-refractivity contribution >= 4 is 5.97 Å². The van der Waals surface area contributed by atoms with Crippen LogP contribution < -0.4 is 0 Å². The molecule has 0 bridgehead atoms. The van der Waals surface area contributed by atoms with E-state index in [1.165, 1.54) is 6.92 Å². The lowest BCUT2D eigenvalue weighted by atomic mass is 9.95. The van der Waals surface area contributed by atoms with Gasteiger partial charge in [0.15, 0.2) is 0 Å². The van der Waals surface area contributed by atoms with Crippen LogP contribution in [0.5, 0.6) is 0 Å². The second-order valence-corrected chi connectivity index (χ2v) is 4.15. The van der Waals surface area contributed by atoms with E-state index in [1.807, 2.05) is 6.92 Å². The van der Waals surface area contributed by atoms with Crippen LogP contribution in [0, 0.1) is 10.1 Å². The van der Waals surface area contributed by atoms with Gasteiger partial charge in [0, 0.05) is 18.3 Å². The zero-order chi connectivity index (χ0) is 12.8. The molecule has 5 nitrogen and oxygen atoms in total. The number of nitrogens with zero attached hydrogens (tertiary/aromatic N) is 1. The number of hydrogen-bond donors (Lipinski definition) is 0. The second-order valence-electron chi connectivity index (χ2n) is 4.15. The van der Waals surface area contributed by atoms with Gasteiger partial charge in [-0.25, -0.2) is 4.79 Å². The van der Waals surface area contributed by atoms with E-state index in [1.54, 1.807) is 6.92 Å². The van der Waals surface area contributed by atoms with Crippen LogP contribution in [0.2, 0.25) is 0 Å². The Bertz CT molecular complexity index is 288. The van der Waals surface area contributed by atoms with Gasteiger partial charge in [0.25, 0.3) is 0 Å². The molecule has 0 amide bonds. The topological polar surface area (TPSA) is 69.4 Å². The Hall–Kier alpha value is -1.39. The standard InChI is InChI=1S/C11H19NO4/c1-5-6-7-16-10(13)11(4,12(14)15)8-9(2)3/h2,5-8H2,1,3-4H3. The highest BCUT2D eigenvalue weighted by Crippen LogP contribution is 2.21. The average molecular weight is 229 g/mol. The minimum absolute atomic E-state index is 0.00492. The first kappa shape index (κ1) is 14.6. The van der Waals surface area contributed by atoms with Gasteiger partial charge < -0.3 is 4.74 Å². The van der Waals surface area contributed by atoms with Crippen molar-refractivity contribution < 1.29 is 14.5 Å². The minimum Gasteiger partial charge on any atom is -0.460 e. The normalized spacial score (nSPS) is 13.9. The van der Waals surface area contributed by atoms with Crippen molar-refractivity contribution in [2.45, 2.75) is 45.6 Å². The van der Waals surface area contributed by atoms with E-state index < -0.39 is 16.4 Å². The highest BCUT2D eigenvalue weighted by atomic mass is 16.6. The van der Waals surface area contributed by atoms with Crippen molar-refractivity contribution in [1.29, 1.82) is 0 Å². The van der Waals surface area contributed by atoms with Crippen LogP contribution in [-0.4, -0.2) is 23.0 Å². The van der Waals surface area contributed by atoms with Crippen LogP contribution in [0.15, 0.2) is 12.2 Å². The van der Waals surface area contributed by atoms with Crippen molar-refractivity contribution in [2.24, 2.45) is 0 Å². The molecule has 0 aliphatic heterocycles. The molecule has 0 aromatic rings. The van der Waals surface area contributed by atoms with Gasteiger partial charge in [0.2, 0.25) is 0 Å². The monoisotopic (exact) mass is 229 g/mol. The van der Waals surface area contributed by atoms with E-state index >= 15 is 0 Å². The maximum atomic E-state index is 11.6. The number of carbonyl (C=O) groups is 1. The number of unbranched alkanes of at least 4 members (excludes halogenated alkanes) is 1. The Kier molecular flexibility index (Phi) is 5.71. The molecule has 16 heavy (non-hydrogen) atoms. The molecule has 5 heteroatoms. The lowest BCUT2D eigenvalue weighted by Gasteiger charge is -2.19. The summed E-state index contributed by atoms with van der Waals surface area (Å²) in [7, 11) is 0. The van der Waals surface area contributed by atoms with Gasteiger partial charge in [-0.05, 0) is 13.3 Å². The summed E-state index contributed by atoms with van der Waals surface area (Å²) in [6, 6.07) is 0. The second kappa shape index (κ2) is 6.25. The Balaban J connectivity index is 4.58. The Morgan fingerprint density at radius 3 is 2.50 bits per heavy atom. The zero-order valence-electron chi connectivity index (χ0n) is 10.1. The number of nitro groups is 1. The fourth-order valence-corrected chi connectivity index (χ4v) is 1.26. The van der Waals surface area contributed by atoms with E-state index in [4.69, 9.17) is 4.74 Å². The van der Waals surface area contributed by atoms with E-state index in [0.29, 0.717) is 12.0 Å². The van der Waals surface area contributed by atoms with Gasteiger partial charge in [0.05, 0.1) is 6.61 Å². The first-order valence-corrected chi connectivity index (χ1v) is 5.30. The highest BCUT2D eigenvalue weighted by molar-refractivity contribution is 5.79. The van der Waals surface area contributed by atoms with Crippen LogP contribution in [-0.2, 0) is 9.53 Å². The molecule has 0 saturated heterocycles. The van der Waals surface area contributed by atoms with Crippen molar-refractivity contribution in [3.8, 4) is 0 Å². The number of hydrogen-bond acceptors (Lipinski definition) is 4. The van der Waals surface area contributed by atoms with Crippen LogP contribution in [0.3, 0.4) is 0 Å². The summed E-state index contributed by atoms with van der Waals surface area (Å²) in [6.45, 7) is 8.70. The molecule has 1 unspecified atom stereocenters.